The predicted octanol–water partition coefficient (Wildman–Crippen LogP) is 3.96. The molecule has 4 nitrogen and oxygen atoms in total. The number of benzene rings is 1. The minimum Gasteiger partial charge on any atom is -0.358 e. The van der Waals surface area contributed by atoms with E-state index in [-0.39, 0.29) is 0 Å². The van der Waals surface area contributed by atoms with Crippen molar-refractivity contribution < 1.29 is 4.21 Å². The maximum absolute atomic E-state index is 12.2. The molecule has 4 bridgehead atoms. The van der Waals surface area contributed by atoms with Crippen LogP contribution >= 0.6 is 0 Å². The van der Waals surface area contributed by atoms with Gasteiger partial charge in [0, 0.05) is 52.8 Å². The molecule has 1 saturated carbocycles. The van der Waals surface area contributed by atoms with Crippen LogP contribution in [0.1, 0.15) is 43.4 Å². The Morgan fingerprint density at radius 3 is 2.96 bits per heavy atom. The number of rotatable bonds is 2. The SMILES string of the molecule is CCC1CC2CC3c4[nH]c5ccc(S(C)(=N)=O)cc5c4CCN(C2)C13. The van der Waals surface area contributed by atoms with Gasteiger partial charge < -0.3 is 4.98 Å². The topological polar surface area (TPSA) is 60.0 Å². The lowest BCUT2D eigenvalue weighted by Crippen LogP contribution is -2.56. The van der Waals surface area contributed by atoms with E-state index < -0.39 is 9.73 Å². The summed E-state index contributed by atoms with van der Waals surface area (Å²) in [5, 5.41) is 1.20. The Morgan fingerprint density at radius 2 is 2.20 bits per heavy atom. The van der Waals surface area contributed by atoms with E-state index in [4.69, 9.17) is 4.78 Å². The number of aromatic amines is 1. The molecule has 4 aliphatic rings. The average molecular weight is 358 g/mol. The molecule has 6 unspecified atom stereocenters. The Bertz CT molecular complexity index is 945. The summed E-state index contributed by atoms with van der Waals surface area (Å²) in [5.74, 6) is 2.29. The van der Waals surface area contributed by atoms with Crippen molar-refractivity contribution in [3.05, 3.63) is 29.5 Å². The second-order valence-corrected chi connectivity index (χ2v) is 10.6. The Morgan fingerprint density at radius 1 is 1.36 bits per heavy atom. The molecule has 3 fully saturated rings. The maximum Gasteiger partial charge on any atom is 0.0697 e. The minimum absolute atomic E-state index is 0.618. The molecule has 6 atom stereocenters. The van der Waals surface area contributed by atoms with E-state index in [1.165, 1.54) is 48.7 Å². The summed E-state index contributed by atoms with van der Waals surface area (Å²) in [6.45, 7) is 4.77. The molecule has 2 saturated heterocycles. The summed E-state index contributed by atoms with van der Waals surface area (Å²) in [5.41, 5.74) is 4.02. The zero-order chi connectivity index (χ0) is 17.3. The van der Waals surface area contributed by atoms with Crippen molar-refractivity contribution in [2.24, 2.45) is 11.8 Å². The summed E-state index contributed by atoms with van der Waals surface area (Å²) < 4.78 is 20.1. The van der Waals surface area contributed by atoms with Crippen molar-refractivity contribution in [2.75, 3.05) is 19.3 Å². The van der Waals surface area contributed by atoms with E-state index >= 15 is 0 Å². The Kier molecular flexibility index (Phi) is 3.39. The molecule has 0 radical (unpaired) electrons. The number of hydrogen-bond donors (Lipinski definition) is 2. The highest BCUT2D eigenvalue weighted by molar-refractivity contribution is 7.91. The molecule has 134 valence electrons. The van der Waals surface area contributed by atoms with Crippen molar-refractivity contribution in [3.63, 3.8) is 0 Å². The number of H-pyrrole nitrogens is 1. The zero-order valence-corrected chi connectivity index (χ0v) is 15.9. The second kappa shape index (κ2) is 5.34. The number of piperidine rings is 2. The third-order valence-electron chi connectivity index (χ3n) is 6.94. The third-order valence-corrected chi connectivity index (χ3v) is 8.09. The van der Waals surface area contributed by atoms with Crippen molar-refractivity contribution in [3.8, 4) is 0 Å². The monoisotopic (exact) mass is 357 g/mol. The van der Waals surface area contributed by atoms with Gasteiger partial charge in [0.2, 0.25) is 0 Å². The first-order valence-electron chi connectivity index (χ1n) is 9.58. The molecule has 1 aromatic carbocycles. The van der Waals surface area contributed by atoms with Crippen LogP contribution in [-0.2, 0) is 16.1 Å². The van der Waals surface area contributed by atoms with Gasteiger partial charge in [-0.1, -0.05) is 13.3 Å². The Balaban J connectivity index is 1.68. The number of nitrogens with zero attached hydrogens (tertiary/aromatic N) is 1. The second-order valence-electron chi connectivity index (χ2n) is 8.42. The van der Waals surface area contributed by atoms with Crippen LogP contribution in [0.2, 0.25) is 0 Å². The predicted molar refractivity (Wildman–Crippen MR) is 102 cm³/mol. The lowest BCUT2D eigenvalue weighted by atomic mass is 9.65. The normalized spacial score (nSPS) is 36.0. The van der Waals surface area contributed by atoms with E-state index in [1.807, 2.05) is 18.2 Å². The molecule has 6 rings (SSSR count). The van der Waals surface area contributed by atoms with Gasteiger partial charge in [0.15, 0.2) is 0 Å². The van der Waals surface area contributed by atoms with Crippen LogP contribution in [-0.4, -0.2) is 39.5 Å². The fourth-order valence-electron chi connectivity index (χ4n) is 5.91. The fraction of sp³-hybridized carbons (Fsp3) is 0.600. The number of hydrogen-bond acceptors (Lipinski definition) is 3. The van der Waals surface area contributed by atoms with Crippen LogP contribution in [0, 0.1) is 16.6 Å². The first kappa shape index (κ1) is 15.9. The summed E-state index contributed by atoms with van der Waals surface area (Å²) in [6, 6.07) is 6.60. The quantitative estimate of drug-likeness (QED) is 0.854. The van der Waals surface area contributed by atoms with Gasteiger partial charge in [-0.15, -0.1) is 0 Å². The molecule has 1 aromatic heterocycles. The van der Waals surface area contributed by atoms with E-state index in [0.717, 1.165) is 30.3 Å². The van der Waals surface area contributed by atoms with Crippen LogP contribution < -0.4 is 0 Å². The van der Waals surface area contributed by atoms with E-state index in [9.17, 15) is 4.21 Å². The molecule has 3 aliphatic heterocycles. The van der Waals surface area contributed by atoms with Crippen molar-refractivity contribution in [1.82, 2.24) is 9.88 Å². The largest absolute Gasteiger partial charge is 0.358 e. The first-order valence-corrected chi connectivity index (χ1v) is 11.5. The van der Waals surface area contributed by atoms with Crippen LogP contribution in [0.15, 0.2) is 23.1 Å². The highest BCUT2D eigenvalue weighted by Gasteiger charge is 2.48. The van der Waals surface area contributed by atoms with Crippen LogP contribution in [0.4, 0.5) is 0 Å². The molecule has 0 amide bonds. The molecule has 0 spiro atoms. The van der Waals surface area contributed by atoms with Gasteiger partial charge in [0.1, 0.15) is 0 Å². The first-order chi connectivity index (χ1) is 12.0. The molecule has 4 heterocycles. The van der Waals surface area contributed by atoms with Gasteiger partial charge in [-0.25, -0.2) is 8.99 Å². The van der Waals surface area contributed by atoms with Crippen molar-refractivity contribution in [1.29, 1.82) is 4.78 Å². The summed E-state index contributed by atoms with van der Waals surface area (Å²) in [7, 11) is -2.67. The van der Waals surface area contributed by atoms with Gasteiger partial charge in [0.05, 0.1) is 9.73 Å². The van der Waals surface area contributed by atoms with Crippen LogP contribution in [0.5, 0.6) is 0 Å². The molecule has 5 heteroatoms. The average Bonchev–Trinajstić information content (AvgIpc) is 2.91. The lowest BCUT2D eigenvalue weighted by Gasteiger charge is -2.53. The van der Waals surface area contributed by atoms with Crippen molar-refractivity contribution in [2.45, 2.75) is 49.5 Å². The Hall–Kier alpha value is -1.33. The zero-order valence-electron chi connectivity index (χ0n) is 15.0. The molecule has 2 aromatic rings. The van der Waals surface area contributed by atoms with Crippen molar-refractivity contribution >= 4 is 20.6 Å². The smallest absolute Gasteiger partial charge is 0.0697 e. The number of nitrogens with one attached hydrogen (secondary N) is 2. The molecular weight excluding hydrogens is 330 g/mol. The molecule has 2 N–H and O–H groups in total. The van der Waals surface area contributed by atoms with Crippen LogP contribution in [0.25, 0.3) is 10.9 Å². The summed E-state index contributed by atoms with van der Waals surface area (Å²) in [6.07, 6.45) is 6.59. The van der Waals surface area contributed by atoms with E-state index in [1.54, 1.807) is 0 Å². The minimum atomic E-state index is -2.67. The standard InChI is InChI=1S/C20H27N3OS/c1-3-13-8-12-9-17-19-15(6-7-23(11-12)20(13)17)16-10-14(25(2,21)24)4-5-18(16)22-19/h4-5,10,12-13,17,20-22H,3,6-9,11H2,1-2H3. The molecule has 1 aliphatic carbocycles. The van der Waals surface area contributed by atoms with Gasteiger partial charge in [-0.3, -0.25) is 4.90 Å². The maximum atomic E-state index is 12.2. The van der Waals surface area contributed by atoms with E-state index in [2.05, 4.69) is 16.8 Å². The lowest BCUT2D eigenvalue weighted by molar-refractivity contribution is -0.0134. The number of fused-ring (bicyclic) bond motifs is 4. The summed E-state index contributed by atoms with van der Waals surface area (Å²) >= 11 is 0. The van der Waals surface area contributed by atoms with Crippen LogP contribution in [0.3, 0.4) is 0 Å². The van der Waals surface area contributed by atoms with Gasteiger partial charge in [-0.05, 0) is 54.9 Å². The fourth-order valence-corrected chi connectivity index (χ4v) is 6.58. The molecule has 25 heavy (non-hydrogen) atoms. The highest BCUT2D eigenvalue weighted by Crippen LogP contribution is 2.51. The third kappa shape index (κ3) is 2.32. The Labute approximate surface area is 150 Å². The molecular formula is C20H27N3OS. The van der Waals surface area contributed by atoms with E-state index in [0.29, 0.717) is 16.9 Å². The van der Waals surface area contributed by atoms with Gasteiger partial charge >= 0.3 is 0 Å². The summed E-state index contributed by atoms with van der Waals surface area (Å²) in [4.78, 5) is 7.15. The van der Waals surface area contributed by atoms with Gasteiger partial charge in [0.25, 0.3) is 0 Å². The number of aromatic nitrogens is 1. The van der Waals surface area contributed by atoms with Gasteiger partial charge in [-0.2, -0.15) is 0 Å². The highest BCUT2D eigenvalue weighted by atomic mass is 32.2.